The molecule has 0 saturated carbocycles. The van der Waals surface area contributed by atoms with Crippen molar-refractivity contribution in [3.8, 4) is 0 Å². The highest BCUT2D eigenvalue weighted by Crippen LogP contribution is 2.30. The number of ether oxygens (including phenoxy) is 1. The first-order chi connectivity index (χ1) is 7.45. The molecule has 4 nitrogen and oxygen atoms in total. The van der Waals surface area contributed by atoms with Gasteiger partial charge in [-0.2, -0.15) is 0 Å². The lowest BCUT2D eigenvalue weighted by atomic mass is 9.89. The summed E-state index contributed by atoms with van der Waals surface area (Å²) < 4.78 is 4.88. The lowest BCUT2D eigenvalue weighted by Gasteiger charge is -2.20. The second kappa shape index (κ2) is 5.30. The molecule has 1 heterocycles. The van der Waals surface area contributed by atoms with E-state index in [0.29, 0.717) is 11.6 Å². The molecule has 1 aromatic heterocycles. The first kappa shape index (κ1) is 13.0. The molecule has 0 amide bonds. The Morgan fingerprint density at radius 2 is 2.19 bits per heavy atom. The van der Waals surface area contributed by atoms with Crippen molar-refractivity contribution in [3.05, 3.63) is 18.1 Å². The Labute approximate surface area is 99.8 Å². The Bertz CT molecular complexity index is 374. The van der Waals surface area contributed by atoms with Crippen LogP contribution in [0, 0.1) is 0 Å². The van der Waals surface area contributed by atoms with Gasteiger partial charge in [-0.25, -0.2) is 14.8 Å². The fourth-order valence-electron chi connectivity index (χ4n) is 1.14. The maximum atomic E-state index is 11.4. The SMILES string of the molecule is CCOC(=O)Sc1ncncc1C(C)(C)C. The smallest absolute Gasteiger partial charge is 0.373 e. The van der Waals surface area contributed by atoms with Gasteiger partial charge in [0.25, 0.3) is 0 Å². The third-order valence-corrected chi connectivity index (χ3v) is 2.73. The van der Waals surface area contributed by atoms with E-state index in [4.69, 9.17) is 4.74 Å². The van der Waals surface area contributed by atoms with Gasteiger partial charge in [-0.3, -0.25) is 0 Å². The zero-order chi connectivity index (χ0) is 12.2. The van der Waals surface area contributed by atoms with Gasteiger partial charge in [0.1, 0.15) is 11.4 Å². The van der Waals surface area contributed by atoms with Crippen molar-refractivity contribution in [1.29, 1.82) is 0 Å². The molecule has 0 saturated heterocycles. The maximum Gasteiger partial charge on any atom is 0.373 e. The number of carbonyl (C=O) groups excluding carboxylic acids is 1. The molecule has 0 fully saturated rings. The van der Waals surface area contributed by atoms with Gasteiger partial charge in [0.05, 0.1) is 6.61 Å². The highest BCUT2D eigenvalue weighted by Gasteiger charge is 2.21. The number of hydrogen-bond donors (Lipinski definition) is 0. The number of rotatable bonds is 2. The normalized spacial score (nSPS) is 11.2. The minimum Gasteiger partial charge on any atom is -0.458 e. The van der Waals surface area contributed by atoms with Crippen molar-refractivity contribution in [3.63, 3.8) is 0 Å². The van der Waals surface area contributed by atoms with E-state index < -0.39 is 0 Å². The second-order valence-corrected chi connectivity index (χ2v) is 5.20. The molecule has 16 heavy (non-hydrogen) atoms. The standard InChI is InChI=1S/C11H16N2O2S/c1-5-15-10(14)16-9-8(11(2,3)4)6-12-7-13-9/h6-7H,5H2,1-4H3. The summed E-state index contributed by atoms with van der Waals surface area (Å²) in [4.78, 5) is 19.5. The van der Waals surface area contributed by atoms with E-state index in [0.717, 1.165) is 17.3 Å². The number of aromatic nitrogens is 2. The van der Waals surface area contributed by atoms with Gasteiger partial charge < -0.3 is 4.74 Å². The summed E-state index contributed by atoms with van der Waals surface area (Å²) in [6.07, 6.45) is 3.19. The molecular weight excluding hydrogens is 224 g/mol. The van der Waals surface area contributed by atoms with Crippen LogP contribution in [0.25, 0.3) is 0 Å². The van der Waals surface area contributed by atoms with Crippen LogP contribution in [0.2, 0.25) is 0 Å². The van der Waals surface area contributed by atoms with Crippen molar-refractivity contribution in [2.45, 2.75) is 38.1 Å². The maximum absolute atomic E-state index is 11.4. The Balaban J connectivity index is 2.92. The molecule has 1 rings (SSSR count). The van der Waals surface area contributed by atoms with Crippen LogP contribution < -0.4 is 0 Å². The monoisotopic (exact) mass is 240 g/mol. The molecular formula is C11H16N2O2S. The van der Waals surface area contributed by atoms with Crippen LogP contribution in [-0.4, -0.2) is 21.9 Å². The molecule has 0 aliphatic carbocycles. The van der Waals surface area contributed by atoms with Gasteiger partial charge in [0.15, 0.2) is 0 Å². The number of nitrogens with zero attached hydrogens (tertiary/aromatic N) is 2. The van der Waals surface area contributed by atoms with E-state index in [-0.39, 0.29) is 10.7 Å². The Morgan fingerprint density at radius 3 is 2.75 bits per heavy atom. The van der Waals surface area contributed by atoms with Crippen LogP contribution in [0.1, 0.15) is 33.3 Å². The van der Waals surface area contributed by atoms with Crippen LogP contribution in [0.3, 0.4) is 0 Å². The van der Waals surface area contributed by atoms with Gasteiger partial charge in [0.2, 0.25) is 0 Å². The minimum absolute atomic E-state index is 0.0872. The van der Waals surface area contributed by atoms with Crippen molar-refractivity contribution >= 4 is 17.1 Å². The van der Waals surface area contributed by atoms with Crippen LogP contribution in [0.15, 0.2) is 17.6 Å². The van der Waals surface area contributed by atoms with Crippen molar-refractivity contribution < 1.29 is 9.53 Å². The molecule has 0 N–H and O–H groups in total. The largest absolute Gasteiger partial charge is 0.458 e. The van der Waals surface area contributed by atoms with Gasteiger partial charge in [-0.05, 0) is 12.3 Å². The Kier molecular flexibility index (Phi) is 4.29. The average Bonchev–Trinajstić information content (AvgIpc) is 2.17. The predicted octanol–water partition coefficient (Wildman–Crippen LogP) is 3.02. The summed E-state index contributed by atoms with van der Waals surface area (Å²) in [6, 6.07) is 0. The summed E-state index contributed by atoms with van der Waals surface area (Å²) in [6.45, 7) is 8.33. The van der Waals surface area contributed by atoms with Crippen molar-refractivity contribution in [2.75, 3.05) is 6.61 Å². The van der Waals surface area contributed by atoms with Crippen LogP contribution in [-0.2, 0) is 10.2 Å². The molecule has 88 valence electrons. The molecule has 0 bridgehead atoms. The molecule has 0 unspecified atom stereocenters. The minimum atomic E-state index is -0.327. The molecule has 1 aromatic rings. The molecule has 0 atom stereocenters. The summed E-state index contributed by atoms with van der Waals surface area (Å²) in [5.74, 6) is 0. The van der Waals surface area contributed by atoms with E-state index in [1.807, 2.05) is 0 Å². The topological polar surface area (TPSA) is 52.1 Å². The molecule has 0 aromatic carbocycles. The van der Waals surface area contributed by atoms with Crippen molar-refractivity contribution in [2.24, 2.45) is 0 Å². The first-order valence-corrected chi connectivity index (χ1v) is 5.92. The predicted molar refractivity (Wildman–Crippen MR) is 63.6 cm³/mol. The van der Waals surface area contributed by atoms with E-state index in [9.17, 15) is 4.79 Å². The van der Waals surface area contributed by atoms with E-state index in [2.05, 4.69) is 30.7 Å². The third kappa shape index (κ3) is 3.48. The summed E-state index contributed by atoms with van der Waals surface area (Å²) >= 11 is 1.01. The first-order valence-electron chi connectivity index (χ1n) is 5.10. The summed E-state index contributed by atoms with van der Waals surface area (Å²) in [7, 11) is 0. The quantitative estimate of drug-likeness (QED) is 0.452. The Morgan fingerprint density at radius 1 is 1.50 bits per heavy atom. The van der Waals surface area contributed by atoms with Crippen molar-refractivity contribution in [1.82, 2.24) is 9.97 Å². The summed E-state index contributed by atoms with van der Waals surface area (Å²) in [5, 5.41) is 0.340. The Hall–Kier alpha value is -1.10. The van der Waals surface area contributed by atoms with Crippen LogP contribution in [0.5, 0.6) is 0 Å². The fourth-order valence-corrected chi connectivity index (χ4v) is 2.04. The van der Waals surface area contributed by atoms with Gasteiger partial charge in [-0.15, -0.1) is 0 Å². The lowest BCUT2D eigenvalue weighted by molar-refractivity contribution is 0.181. The zero-order valence-electron chi connectivity index (χ0n) is 9.98. The fraction of sp³-hybridized carbons (Fsp3) is 0.545. The second-order valence-electron chi connectivity index (χ2n) is 4.28. The third-order valence-electron chi connectivity index (χ3n) is 1.93. The lowest BCUT2D eigenvalue weighted by Crippen LogP contribution is -2.14. The molecule has 5 heteroatoms. The average molecular weight is 240 g/mol. The summed E-state index contributed by atoms with van der Waals surface area (Å²) in [5.41, 5.74) is 0.865. The highest BCUT2D eigenvalue weighted by atomic mass is 32.2. The van der Waals surface area contributed by atoms with Crippen LogP contribution in [0.4, 0.5) is 4.79 Å². The van der Waals surface area contributed by atoms with Gasteiger partial charge in [-0.1, -0.05) is 20.8 Å². The molecule has 0 aliphatic heterocycles. The van der Waals surface area contributed by atoms with E-state index in [1.54, 1.807) is 13.1 Å². The van der Waals surface area contributed by atoms with E-state index in [1.165, 1.54) is 6.33 Å². The van der Waals surface area contributed by atoms with Gasteiger partial charge in [0, 0.05) is 23.5 Å². The molecule has 0 spiro atoms. The zero-order valence-corrected chi connectivity index (χ0v) is 10.8. The number of carbonyl (C=O) groups is 1. The van der Waals surface area contributed by atoms with Gasteiger partial charge >= 0.3 is 5.30 Å². The molecule has 0 radical (unpaired) electrons. The number of hydrogen-bond acceptors (Lipinski definition) is 5. The van der Waals surface area contributed by atoms with E-state index >= 15 is 0 Å². The highest BCUT2D eigenvalue weighted by molar-refractivity contribution is 8.13. The number of thioether (sulfide) groups is 1. The molecule has 0 aliphatic rings. The van der Waals surface area contributed by atoms with Crippen LogP contribution >= 0.6 is 11.8 Å².